The smallest absolute Gasteiger partial charge is 0.220 e. The Kier molecular flexibility index (Phi) is 45.5. The van der Waals surface area contributed by atoms with Crippen molar-refractivity contribution in [3.8, 4) is 0 Å². The van der Waals surface area contributed by atoms with Crippen LogP contribution in [0.2, 0.25) is 0 Å². The van der Waals surface area contributed by atoms with Crippen molar-refractivity contribution >= 4 is 5.91 Å². The quantitative estimate of drug-likeness (QED) is 0.0259. The lowest BCUT2D eigenvalue weighted by Crippen LogP contribution is -2.65. The molecule has 0 radical (unpaired) electrons. The van der Waals surface area contributed by atoms with Gasteiger partial charge in [-0.15, -0.1) is 0 Å². The summed E-state index contributed by atoms with van der Waals surface area (Å²) in [6.45, 7) is 2.91. The molecule has 2 fully saturated rings. The summed E-state index contributed by atoms with van der Waals surface area (Å²) in [4.78, 5) is 13.3. The lowest BCUT2D eigenvalue weighted by molar-refractivity contribution is -0.359. The van der Waals surface area contributed by atoms with Crippen molar-refractivity contribution in [1.82, 2.24) is 5.32 Å². The maximum absolute atomic E-state index is 13.3. The van der Waals surface area contributed by atoms with Gasteiger partial charge in [0.2, 0.25) is 5.91 Å². The normalized spacial score (nSPS) is 24.8. The second-order valence-electron chi connectivity index (χ2n) is 23.3. The van der Waals surface area contributed by atoms with Crippen LogP contribution in [0, 0.1) is 0 Å². The lowest BCUT2D eigenvalue weighted by atomic mass is 9.97. The van der Waals surface area contributed by atoms with Crippen LogP contribution in [-0.2, 0) is 23.7 Å². The van der Waals surface area contributed by atoms with Gasteiger partial charge in [-0.05, 0) is 12.8 Å². The Morgan fingerprint density at radius 3 is 1.12 bits per heavy atom. The summed E-state index contributed by atoms with van der Waals surface area (Å²) >= 11 is 0. The number of amides is 1. The van der Waals surface area contributed by atoms with Gasteiger partial charge in [-0.2, -0.15) is 0 Å². The van der Waals surface area contributed by atoms with E-state index >= 15 is 0 Å². The summed E-state index contributed by atoms with van der Waals surface area (Å²) in [7, 11) is 0. The van der Waals surface area contributed by atoms with Crippen LogP contribution >= 0.6 is 0 Å². The Hall–Kier alpha value is -1.01. The fourth-order valence-electron chi connectivity index (χ4n) is 11.1. The minimum Gasteiger partial charge on any atom is -0.394 e. The first-order valence-electron chi connectivity index (χ1n) is 32.3. The maximum atomic E-state index is 13.3. The zero-order chi connectivity index (χ0) is 55.3. The van der Waals surface area contributed by atoms with Gasteiger partial charge in [0.15, 0.2) is 12.6 Å². The predicted octanol–water partition coefficient (Wildman–Crippen LogP) is 11.7. The van der Waals surface area contributed by atoms with Crippen LogP contribution in [0.15, 0.2) is 0 Å². The second kappa shape index (κ2) is 48.7. The standard InChI is InChI=1S/C62H121NO13/c1-3-5-7-9-11-13-15-17-19-21-22-23-24-25-26-27-28-29-30-31-33-35-37-39-41-43-45-51(66)50(63-54(67)46-44-42-40-38-36-34-32-20-18-16-14-12-10-8-6-4-2)49-73-61-59(72)57(70)60(53(48-65)75-61)76-62-58(71)56(69)55(68)52(47-64)74-62/h50-53,55-62,64-66,68-72H,3-49H2,1-2H3,(H,63,67). The molecular formula is C62H121NO13. The molecule has 0 bridgehead atoms. The summed E-state index contributed by atoms with van der Waals surface area (Å²) in [6, 6.07) is -0.823. The van der Waals surface area contributed by atoms with Crippen molar-refractivity contribution in [2.45, 2.75) is 370 Å². The fraction of sp³-hybridized carbons (Fsp3) is 0.984. The molecule has 0 aromatic rings. The number of unbranched alkanes of at least 4 members (excludes halogenated alkanes) is 40. The Morgan fingerprint density at radius 1 is 0.421 bits per heavy atom. The number of aliphatic hydroxyl groups excluding tert-OH is 8. The molecule has 0 spiro atoms. The number of carbonyl (C=O) groups excluding carboxylic acids is 1. The van der Waals surface area contributed by atoms with Crippen LogP contribution in [0.3, 0.4) is 0 Å². The van der Waals surface area contributed by atoms with E-state index in [4.69, 9.17) is 18.9 Å². The molecule has 12 unspecified atom stereocenters. The van der Waals surface area contributed by atoms with E-state index in [9.17, 15) is 45.6 Å². The highest BCUT2D eigenvalue weighted by atomic mass is 16.7. The van der Waals surface area contributed by atoms with Gasteiger partial charge in [-0.3, -0.25) is 4.79 Å². The molecule has 76 heavy (non-hydrogen) atoms. The number of aliphatic hydroxyl groups is 8. The highest BCUT2D eigenvalue weighted by molar-refractivity contribution is 5.76. The average molecular weight is 1090 g/mol. The van der Waals surface area contributed by atoms with E-state index in [0.29, 0.717) is 12.8 Å². The van der Waals surface area contributed by atoms with E-state index in [1.807, 2.05) is 0 Å². The zero-order valence-electron chi connectivity index (χ0n) is 48.8. The molecule has 14 nitrogen and oxygen atoms in total. The number of hydrogen-bond acceptors (Lipinski definition) is 13. The second-order valence-corrected chi connectivity index (χ2v) is 23.3. The van der Waals surface area contributed by atoms with Crippen LogP contribution in [0.5, 0.6) is 0 Å². The van der Waals surface area contributed by atoms with E-state index in [0.717, 1.165) is 51.4 Å². The summed E-state index contributed by atoms with van der Waals surface area (Å²) in [5.41, 5.74) is 0. The average Bonchev–Trinajstić information content (AvgIpc) is 3.42. The monoisotopic (exact) mass is 1090 g/mol. The maximum Gasteiger partial charge on any atom is 0.220 e. The van der Waals surface area contributed by atoms with Gasteiger partial charge in [0.05, 0.1) is 32.0 Å². The molecule has 2 rings (SSSR count). The largest absolute Gasteiger partial charge is 0.394 e. The minimum absolute atomic E-state index is 0.200. The van der Waals surface area contributed by atoms with Gasteiger partial charge in [0.1, 0.15) is 48.8 Å². The molecule has 1 amide bonds. The van der Waals surface area contributed by atoms with E-state index in [1.54, 1.807) is 0 Å². The molecule has 0 aromatic carbocycles. The summed E-state index contributed by atoms with van der Waals surface area (Å²) in [5, 5.41) is 87.4. The molecule has 0 aromatic heterocycles. The van der Waals surface area contributed by atoms with Gasteiger partial charge in [-0.1, -0.05) is 277 Å². The summed E-state index contributed by atoms with van der Waals surface area (Å²) < 4.78 is 22.9. The number of nitrogens with one attached hydrogen (secondary N) is 1. The van der Waals surface area contributed by atoms with Crippen molar-refractivity contribution in [3.63, 3.8) is 0 Å². The van der Waals surface area contributed by atoms with Gasteiger partial charge in [0, 0.05) is 6.42 Å². The zero-order valence-corrected chi connectivity index (χ0v) is 48.8. The molecule has 452 valence electrons. The molecule has 2 aliphatic heterocycles. The van der Waals surface area contributed by atoms with E-state index in [-0.39, 0.29) is 12.5 Å². The first kappa shape index (κ1) is 71.1. The first-order valence-corrected chi connectivity index (χ1v) is 32.3. The lowest BCUT2D eigenvalue weighted by Gasteiger charge is -2.46. The molecule has 0 saturated carbocycles. The molecule has 2 saturated heterocycles. The van der Waals surface area contributed by atoms with Crippen molar-refractivity contribution in [3.05, 3.63) is 0 Å². The Morgan fingerprint density at radius 2 is 0.750 bits per heavy atom. The third-order valence-electron chi connectivity index (χ3n) is 16.3. The number of ether oxygens (including phenoxy) is 4. The van der Waals surface area contributed by atoms with Crippen LogP contribution in [0.4, 0.5) is 0 Å². The minimum atomic E-state index is -1.78. The number of hydrogen-bond donors (Lipinski definition) is 9. The molecule has 14 heteroatoms. The third-order valence-corrected chi connectivity index (χ3v) is 16.3. The molecule has 2 aliphatic rings. The SMILES string of the molecule is CCCCCCCCCCCCCCCCCCCCCCCCCCCCC(O)C(COC1OC(CO)C(OC2OC(CO)C(O)C(O)C2O)C(O)C1O)NC(=O)CCCCCCCCCCCCCCCCCC. The Bertz CT molecular complexity index is 1280. The van der Waals surface area contributed by atoms with Crippen LogP contribution < -0.4 is 5.32 Å². The molecule has 0 aliphatic carbocycles. The molecule has 12 atom stereocenters. The fourth-order valence-corrected chi connectivity index (χ4v) is 11.1. The van der Waals surface area contributed by atoms with Crippen LogP contribution in [0.25, 0.3) is 0 Å². The van der Waals surface area contributed by atoms with Crippen molar-refractivity contribution < 1.29 is 64.6 Å². The van der Waals surface area contributed by atoms with E-state index in [1.165, 1.54) is 218 Å². The van der Waals surface area contributed by atoms with Gasteiger partial charge < -0.3 is 65.1 Å². The topological polar surface area (TPSA) is 228 Å². The molecule has 2 heterocycles. The Balaban J connectivity index is 1.69. The molecular weight excluding hydrogens is 967 g/mol. The van der Waals surface area contributed by atoms with Gasteiger partial charge >= 0.3 is 0 Å². The highest BCUT2D eigenvalue weighted by Crippen LogP contribution is 2.30. The predicted molar refractivity (Wildman–Crippen MR) is 305 cm³/mol. The van der Waals surface area contributed by atoms with E-state index in [2.05, 4.69) is 19.2 Å². The van der Waals surface area contributed by atoms with Gasteiger partial charge in [-0.25, -0.2) is 0 Å². The highest BCUT2D eigenvalue weighted by Gasteiger charge is 2.51. The van der Waals surface area contributed by atoms with Crippen molar-refractivity contribution in [2.24, 2.45) is 0 Å². The van der Waals surface area contributed by atoms with E-state index < -0.39 is 86.8 Å². The molecule has 9 N–H and O–H groups in total. The number of rotatable bonds is 53. The van der Waals surface area contributed by atoms with Gasteiger partial charge in [0.25, 0.3) is 0 Å². The first-order chi connectivity index (χ1) is 37.1. The summed E-state index contributed by atoms with van der Waals surface area (Å²) in [5.74, 6) is -0.200. The van der Waals surface area contributed by atoms with Crippen molar-refractivity contribution in [2.75, 3.05) is 19.8 Å². The Labute approximate surface area is 464 Å². The summed E-state index contributed by atoms with van der Waals surface area (Å²) in [6.07, 6.45) is 38.2. The van der Waals surface area contributed by atoms with Crippen LogP contribution in [0.1, 0.15) is 296 Å². The van der Waals surface area contributed by atoms with Crippen LogP contribution in [-0.4, -0.2) is 140 Å². The number of carbonyl (C=O) groups is 1. The third kappa shape index (κ3) is 33.7. The van der Waals surface area contributed by atoms with Crippen molar-refractivity contribution in [1.29, 1.82) is 0 Å².